The van der Waals surface area contributed by atoms with Crippen LogP contribution >= 0.6 is 11.6 Å². The standard InChI is InChI=1S/C16H12ClFN4O2/c17-11-5-6-19-15(10(11)7-23)21-8-20-22-12-4-2-1-3-9(12)13(18)14(22)16(21)24/h5-8H,1-4H2. The lowest BCUT2D eigenvalue weighted by atomic mass is 9.98. The van der Waals surface area contributed by atoms with Crippen molar-refractivity contribution >= 4 is 23.4 Å². The number of nitrogens with zero attached hydrogens (tertiary/aromatic N) is 4. The number of fused-ring (bicyclic) bond motifs is 3. The summed E-state index contributed by atoms with van der Waals surface area (Å²) in [6.45, 7) is 0. The van der Waals surface area contributed by atoms with E-state index in [0.717, 1.165) is 23.1 Å². The van der Waals surface area contributed by atoms with E-state index >= 15 is 0 Å². The number of hydrogen-bond donors (Lipinski definition) is 0. The molecule has 0 N–H and O–H groups in total. The van der Waals surface area contributed by atoms with Gasteiger partial charge in [-0.15, -0.1) is 0 Å². The molecule has 4 rings (SSSR count). The topological polar surface area (TPSA) is 69.3 Å². The summed E-state index contributed by atoms with van der Waals surface area (Å²) in [5, 5.41) is 4.36. The molecule has 0 bridgehead atoms. The molecule has 3 aromatic heterocycles. The maximum atomic E-state index is 14.7. The fraction of sp³-hybridized carbons (Fsp3) is 0.250. The van der Waals surface area contributed by atoms with Crippen molar-refractivity contribution in [2.45, 2.75) is 25.7 Å². The van der Waals surface area contributed by atoms with Crippen LogP contribution in [0.5, 0.6) is 0 Å². The normalized spacial score (nSPS) is 13.9. The number of hydrogen-bond acceptors (Lipinski definition) is 4. The second-order valence-corrected chi connectivity index (χ2v) is 6.07. The summed E-state index contributed by atoms with van der Waals surface area (Å²) in [6, 6.07) is 1.45. The minimum atomic E-state index is -0.616. The Morgan fingerprint density at radius 2 is 2.08 bits per heavy atom. The molecule has 122 valence electrons. The van der Waals surface area contributed by atoms with Crippen LogP contribution in [0.2, 0.25) is 5.02 Å². The minimum absolute atomic E-state index is 0.0380. The van der Waals surface area contributed by atoms with Crippen molar-refractivity contribution in [1.82, 2.24) is 19.2 Å². The molecule has 0 fully saturated rings. The predicted octanol–water partition coefficient (Wildman–Crippen LogP) is 2.36. The van der Waals surface area contributed by atoms with Crippen molar-refractivity contribution in [3.63, 3.8) is 0 Å². The van der Waals surface area contributed by atoms with Gasteiger partial charge in [0.25, 0.3) is 5.56 Å². The van der Waals surface area contributed by atoms with Crippen LogP contribution in [-0.2, 0) is 12.8 Å². The van der Waals surface area contributed by atoms with Crippen LogP contribution in [0.25, 0.3) is 11.3 Å². The average Bonchev–Trinajstić information content (AvgIpc) is 2.89. The molecular formula is C16H12ClFN4O2. The van der Waals surface area contributed by atoms with Crippen LogP contribution in [0.3, 0.4) is 0 Å². The van der Waals surface area contributed by atoms with Crippen LogP contribution in [0.1, 0.15) is 34.5 Å². The largest absolute Gasteiger partial charge is 0.298 e. The van der Waals surface area contributed by atoms with Gasteiger partial charge in [-0.2, -0.15) is 5.10 Å². The summed E-state index contributed by atoms with van der Waals surface area (Å²) in [6.07, 6.45) is 6.25. The van der Waals surface area contributed by atoms with Gasteiger partial charge in [-0.25, -0.2) is 18.5 Å². The van der Waals surface area contributed by atoms with Gasteiger partial charge >= 0.3 is 0 Å². The van der Waals surface area contributed by atoms with Crippen LogP contribution in [0.4, 0.5) is 4.39 Å². The van der Waals surface area contributed by atoms with Gasteiger partial charge in [0.1, 0.15) is 6.33 Å². The average molecular weight is 347 g/mol. The SMILES string of the molecule is O=Cc1c(Cl)ccnc1-n1cnn2c3c(c(F)c2c1=O)CCCC3. The van der Waals surface area contributed by atoms with E-state index in [1.54, 1.807) is 0 Å². The maximum absolute atomic E-state index is 14.7. The molecule has 3 aromatic rings. The number of halogens is 2. The number of aryl methyl sites for hydroxylation is 1. The highest BCUT2D eigenvalue weighted by molar-refractivity contribution is 6.33. The number of aromatic nitrogens is 4. The van der Waals surface area contributed by atoms with Gasteiger partial charge in [-0.1, -0.05) is 11.6 Å². The van der Waals surface area contributed by atoms with Crippen molar-refractivity contribution in [3.8, 4) is 5.82 Å². The fourth-order valence-corrected chi connectivity index (χ4v) is 3.39. The van der Waals surface area contributed by atoms with Crippen molar-refractivity contribution in [2.24, 2.45) is 0 Å². The third-order valence-corrected chi connectivity index (χ3v) is 4.67. The smallest absolute Gasteiger partial charge is 0.286 e. The Morgan fingerprint density at radius 3 is 2.88 bits per heavy atom. The number of aldehydes is 1. The van der Waals surface area contributed by atoms with Gasteiger partial charge in [0.15, 0.2) is 23.4 Å². The highest BCUT2D eigenvalue weighted by atomic mass is 35.5. The third-order valence-electron chi connectivity index (χ3n) is 4.34. The molecular weight excluding hydrogens is 335 g/mol. The molecule has 6 nitrogen and oxygen atoms in total. The zero-order chi connectivity index (χ0) is 16.8. The van der Waals surface area contributed by atoms with E-state index in [-0.39, 0.29) is 21.9 Å². The predicted molar refractivity (Wildman–Crippen MR) is 85.6 cm³/mol. The van der Waals surface area contributed by atoms with E-state index in [0.29, 0.717) is 24.7 Å². The number of carbonyl (C=O) groups is 1. The van der Waals surface area contributed by atoms with E-state index in [1.807, 2.05) is 0 Å². The quantitative estimate of drug-likeness (QED) is 0.668. The molecule has 24 heavy (non-hydrogen) atoms. The van der Waals surface area contributed by atoms with E-state index in [2.05, 4.69) is 10.1 Å². The van der Waals surface area contributed by atoms with Crippen LogP contribution < -0.4 is 5.56 Å². The van der Waals surface area contributed by atoms with E-state index in [4.69, 9.17) is 11.6 Å². The zero-order valence-corrected chi connectivity index (χ0v) is 13.3. The lowest BCUT2D eigenvalue weighted by Crippen LogP contribution is -2.24. The number of rotatable bonds is 2. The highest BCUT2D eigenvalue weighted by Gasteiger charge is 2.25. The lowest BCUT2D eigenvalue weighted by Gasteiger charge is -2.11. The monoisotopic (exact) mass is 346 g/mol. The molecule has 0 saturated carbocycles. The molecule has 1 aliphatic carbocycles. The summed E-state index contributed by atoms with van der Waals surface area (Å²) in [5.74, 6) is -0.498. The van der Waals surface area contributed by atoms with E-state index in [9.17, 15) is 14.0 Å². The first-order valence-corrected chi connectivity index (χ1v) is 7.91. The van der Waals surface area contributed by atoms with Gasteiger partial charge in [-0.05, 0) is 31.7 Å². The van der Waals surface area contributed by atoms with E-state index in [1.165, 1.54) is 23.1 Å². The molecule has 0 radical (unpaired) electrons. The van der Waals surface area contributed by atoms with Crippen LogP contribution in [0.15, 0.2) is 23.4 Å². The molecule has 0 aromatic carbocycles. The Labute approximate surface area is 140 Å². The van der Waals surface area contributed by atoms with E-state index < -0.39 is 11.4 Å². The van der Waals surface area contributed by atoms with Crippen molar-refractivity contribution in [3.05, 3.63) is 56.6 Å². The van der Waals surface area contributed by atoms with Gasteiger partial charge < -0.3 is 0 Å². The lowest BCUT2D eigenvalue weighted by molar-refractivity contribution is 0.112. The van der Waals surface area contributed by atoms with Crippen molar-refractivity contribution in [1.29, 1.82) is 0 Å². The van der Waals surface area contributed by atoms with Gasteiger partial charge in [0, 0.05) is 17.5 Å². The Morgan fingerprint density at radius 1 is 1.29 bits per heavy atom. The summed E-state index contributed by atoms with van der Waals surface area (Å²) >= 11 is 5.98. The van der Waals surface area contributed by atoms with Gasteiger partial charge in [0.2, 0.25) is 0 Å². The Kier molecular flexibility index (Phi) is 3.45. The molecule has 3 heterocycles. The second-order valence-electron chi connectivity index (χ2n) is 5.66. The Balaban J connectivity index is 2.05. The first-order valence-electron chi connectivity index (χ1n) is 7.53. The first-order chi connectivity index (χ1) is 11.6. The van der Waals surface area contributed by atoms with Gasteiger partial charge in [0.05, 0.1) is 10.6 Å². The summed E-state index contributed by atoms with van der Waals surface area (Å²) < 4.78 is 17.2. The summed E-state index contributed by atoms with van der Waals surface area (Å²) in [4.78, 5) is 28.1. The summed E-state index contributed by atoms with van der Waals surface area (Å²) in [7, 11) is 0. The molecule has 0 atom stereocenters. The number of pyridine rings is 1. The molecule has 1 aliphatic rings. The molecule has 0 saturated heterocycles. The molecule has 0 unspecified atom stereocenters. The Bertz CT molecular complexity index is 1040. The highest BCUT2D eigenvalue weighted by Crippen LogP contribution is 2.27. The second kappa shape index (κ2) is 5.52. The summed E-state index contributed by atoms with van der Waals surface area (Å²) in [5.41, 5.74) is 0.618. The maximum Gasteiger partial charge on any atom is 0.286 e. The zero-order valence-electron chi connectivity index (χ0n) is 12.5. The minimum Gasteiger partial charge on any atom is -0.298 e. The van der Waals surface area contributed by atoms with Crippen LogP contribution in [-0.4, -0.2) is 25.5 Å². The van der Waals surface area contributed by atoms with Crippen molar-refractivity contribution < 1.29 is 9.18 Å². The molecule has 0 amide bonds. The van der Waals surface area contributed by atoms with Gasteiger partial charge in [-0.3, -0.25) is 9.59 Å². The third kappa shape index (κ3) is 2.01. The Hall–Kier alpha value is -2.54. The fourth-order valence-electron chi connectivity index (χ4n) is 3.20. The number of carbonyl (C=O) groups excluding carboxylic acids is 1. The molecule has 8 heteroatoms. The molecule has 0 spiro atoms. The molecule has 0 aliphatic heterocycles. The van der Waals surface area contributed by atoms with Crippen LogP contribution in [0, 0.1) is 5.82 Å². The first kappa shape index (κ1) is 15.0. The van der Waals surface area contributed by atoms with Crippen molar-refractivity contribution in [2.75, 3.05) is 0 Å².